The standard InChI is InChI=1S/C16H28N4O/c1-12(2)11-20(9-8-19(3)4)15-10-13(21-5)6-7-14(15)16(17)18/h6-7,10,12H,8-9,11H2,1-5H3,(H3,17,18). The second-order valence-electron chi connectivity index (χ2n) is 5.94. The number of hydrogen-bond donors (Lipinski definition) is 2. The molecule has 0 saturated heterocycles. The van der Waals surface area contributed by atoms with Crippen LogP contribution in [-0.4, -0.2) is 51.6 Å². The van der Waals surface area contributed by atoms with Crippen LogP contribution < -0.4 is 15.4 Å². The van der Waals surface area contributed by atoms with Gasteiger partial charge in [-0.15, -0.1) is 0 Å². The molecule has 0 unspecified atom stereocenters. The van der Waals surface area contributed by atoms with Crippen LogP contribution in [0.5, 0.6) is 5.75 Å². The number of nitrogens with two attached hydrogens (primary N) is 1. The number of hydrogen-bond acceptors (Lipinski definition) is 4. The van der Waals surface area contributed by atoms with Crippen LogP contribution in [-0.2, 0) is 0 Å². The van der Waals surface area contributed by atoms with Gasteiger partial charge in [-0.05, 0) is 32.1 Å². The van der Waals surface area contributed by atoms with E-state index in [0.717, 1.165) is 36.6 Å². The molecule has 0 aliphatic rings. The van der Waals surface area contributed by atoms with E-state index in [1.165, 1.54) is 0 Å². The Bertz CT molecular complexity index is 471. The summed E-state index contributed by atoms with van der Waals surface area (Å²) in [6, 6.07) is 5.67. The highest BCUT2D eigenvalue weighted by molar-refractivity contribution is 6.00. The van der Waals surface area contributed by atoms with E-state index in [1.54, 1.807) is 7.11 Å². The molecule has 1 aromatic carbocycles. The average Bonchev–Trinajstić information content (AvgIpc) is 2.42. The number of methoxy groups -OCH3 is 1. The van der Waals surface area contributed by atoms with Crippen LogP contribution in [0, 0.1) is 11.3 Å². The molecule has 0 fully saturated rings. The molecule has 0 aliphatic carbocycles. The minimum atomic E-state index is 0.0891. The van der Waals surface area contributed by atoms with Crippen molar-refractivity contribution in [3.05, 3.63) is 23.8 Å². The van der Waals surface area contributed by atoms with Crippen molar-refractivity contribution >= 4 is 11.5 Å². The van der Waals surface area contributed by atoms with Gasteiger partial charge in [-0.3, -0.25) is 5.41 Å². The zero-order chi connectivity index (χ0) is 16.0. The van der Waals surface area contributed by atoms with Crippen LogP contribution in [0.3, 0.4) is 0 Å². The van der Waals surface area contributed by atoms with Gasteiger partial charge in [0.05, 0.1) is 12.8 Å². The topological polar surface area (TPSA) is 65.6 Å². The Hall–Kier alpha value is -1.75. The Kier molecular flexibility index (Phi) is 6.49. The summed E-state index contributed by atoms with van der Waals surface area (Å²) < 4.78 is 5.32. The van der Waals surface area contributed by atoms with Gasteiger partial charge in [-0.1, -0.05) is 13.8 Å². The molecule has 118 valence electrons. The highest BCUT2D eigenvalue weighted by atomic mass is 16.5. The SMILES string of the molecule is COc1ccc(C(=N)N)c(N(CCN(C)C)CC(C)C)c1. The lowest BCUT2D eigenvalue weighted by molar-refractivity contribution is 0.407. The zero-order valence-corrected chi connectivity index (χ0v) is 13.8. The molecule has 0 aliphatic heterocycles. The molecule has 5 nitrogen and oxygen atoms in total. The van der Waals surface area contributed by atoms with E-state index in [9.17, 15) is 0 Å². The van der Waals surface area contributed by atoms with E-state index in [4.69, 9.17) is 15.9 Å². The van der Waals surface area contributed by atoms with Gasteiger partial charge in [0.1, 0.15) is 11.6 Å². The number of amidine groups is 1. The van der Waals surface area contributed by atoms with Crippen LogP contribution in [0.25, 0.3) is 0 Å². The third-order valence-electron chi connectivity index (χ3n) is 3.24. The van der Waals surface area contributed by atoms with Gasteiger partial charge in [-0.2, -0.15) is 0 Å². The van der Waals surface area contributed by atoms with Crippen molar-refractivity contribution < 1.29 is 4.74 Å². The third-order valence-corrected chi connectivity index (χ3v) is 3.24. The number of likely N-dealkylation sites (N-methyl/N-ethyl adjacent to an activating group) is 1. The fourth-order valence-electron chi connectivity index (χ4n) is 2.20. The van der Waals surface area contributed by atoms with Gasteiger partial charge >= 0.3 is 0 Å². The fraction of sp³-hybridized carbons (Fsp3) is 0.562. The summed E-state index contributed by atoms with van der Waals surface area (Å²) in [5.74, 6) is 1.40. The highest BCUT2D eigenvalue weighted by Crippen LogP contribution is 2.26. The highest BCUT2D eigenvalue weighted by Gasteiger charge is 2.16. The first kappa shape index (κ1) is 17.3. The number of nitrogen functional groups attached to an aromatic ring is 1. The Morgan fingerprint density at radius 2 is 1.95 bits per heavy atom. The molecule has 0 radical (unpaired) electrons. The van der Waals surface area contributed by atoms with E-state index in [1.807, 2.05) is 18.2 Å². The molecule has 0 bridgehead atoms. The predicted molar refractivity (Wildman–Crippen MR) is 89.6 cm³/mol. The van der Waals surface area contributed by atoms with Crippen LogP contribution in [0.1, 0.15) is 19.4 Å². The number of rotatable bonds is 8. The molecule has 0 spiro atoms. The lowest BCUT2D eigenvalue weighted by Gasteiger charge is -2.30. The number of nitrogens with one attached hydrogen (secondary N) is 1. The van der Waals surface area contributed by atoms with E-state index in [2.05, 4.69) is 37.7 Å². The first-order valence-electron chi connectivity index (χ1n) is 7.27. The largest absolute Gasteiger partial charge is 0.497 e. The summed E-state index contributed by atoms with van der Waals surface area (Å²) in [5, 5.41) is 7.80. The Balaban J connectivity index is 3.16. The number of anilines is 1. The lowest BCUT2D eigenvalue weighted by atomic mass is 10.1. The third kappa shape index (κ3) is 5.27. The van der Waals surface area contributed by atoms with Crippen molar-refractivity contribution in [2.75, 3.05) is 45.7 Å². The summed E-state index contributed by atoms with van der Waals surface area (Å²) in [5.41, 5.74) is 7.47. The minimum Gasteiger partial charge on any atom is -0.497 e. The van der Waals surface area contributed by atoms with Crippen LogP contribution in [0.15, 0.2) is 18.2 Å². The van der Waals surface area contributed by atoms with Gasteiger partial charge in [-0.25, -0.2) is 0 Å². The van der Waals surface area contributed by atoms with Crippen molar-refractivity contribution in [2.24, 2.45) is 11.7 Å². The second kappa shape index (κ2) is 7.88. The first-order chi connectivity index (χ1) is 9.85. The Morgan fingerprint density at radius 1 is 1.29 bits per heavy atom. The average molecular weight is 292 g/mol. The minimum absolute atomic E-state index is 0.0891. The summed E-state index contributed by atoms with van der Waals surface area (Å²) in [6.07, 6.45) is 0. The molecule has 21 heavy (non-hydrogen) atoms. The van der Waals surface area contributed by atoms with Gasteiger partial charge < -0.3 is 20.3 Å². The second-order valence-corrected chi connectivity index (χ2v) is 5.94. The molecule has 5 heteroatoms. The van der Waals surface area contributed by atoms with Crippen molar-refractivity contribution in [1.29, 1.82) is 5.41 Å². The summed E-state index contributed by atoms with van der Waals surface area (Å²) in [7, 11) is 5.77. The van der Waals surface area contributed by atoms with Crippen LogP contribution in [0.4, 0.5) is 5.69 Å². The molecular formula is C16H28N4O. The monoisotopic (exact) mass is 292 g/mol. The molecule has 1 rings (SSSR count). The maximum absolute atomic E-state index is 7.80. The van der Waals surface area contributed by atoms with Gasteiger partial charge in [0.2, 0.25) is 0 Å². The Morgan fingerprint density at radius 3 is 2.43 bits per heavy atom. The van der Waals surface area contributed by atoms with E-state index >= 15 is 0 Å². The van der Waals surface area contributed by atoms with Crippen molar-refractivity contribution in [1.82, 2.24) is 4.90 Å². The molecule has 3 N–H and O–H groups in total. The molecule has 1 aromatic rings. The smallest absolute Gasteiger partial charge is 0.124 e. The summed E-state index contributed by atoms with van der Waals surface area (Å²) in [6.45, 7) is 7.13. The number of benzene rings is 1. The number of ether oxygens (including phenoxy) is 1. The molecule has 0 heterocycles. The summed E-state index contributed by atoms with van der Waals surface area (Å²) in [4.78, 5) is 4.44. The van der Waals surface area contributed by atoms with Crippen molar-refractivity contribution in [3.8, 4) is 5.75 Å². The zero-order valence-electron chi connectivity index (χ0n) is 13.8. The van der Waals surface area contributed by atoms with Gasteiger partial charge in [0, 0.05) is 31.3 Å². The van der Waals surface area contributed by atoms with Crippen molar-refractivity contribution in [3.63, 3.8) is 0 Å². The first-order valence-corrected chi connectivity index (χ1v) is 7.27. The molecule has 0 aromatic heterocycles. The quantitative estimate of drug-likeness (QED) is 0.568. The lowest BCUT2D eigenvalue weighted by Crippen LogP contribution is -2.35. The van der Waals surface area contributed by atoms with Crippen LogP contribution in [0.2, 0.25) is 0 Å². The maximum Gasteiger partial charge on any atom is 0.124 e. The number of nitrogens with zero attached hydrogens (tertiary/aromatic N) is 2. The van der Waals surface area contributed by atoms with Gasteiger partial charge in [0.15, 0.2) is 0 Å². The summed E-state index contributed by atoms with van der Waals surface area (Å²) >= 11 is 0. The maximum atomic E-state index is 7.80. The van der Waals surface area contributed by atoms with Crippen LogP contribution >= 0.6 is 0 Å². The van der Waals surface area contributed by atoms with E-state index in [0.29, 0.717) is 5.92 Å². The molecule has 0 saturated carbocycles. The van der Waals surface area contributed by atoms with Crippen molar-refractivity contribution in [2.45, 2.75) is 13.8 Å². The fourth-order valence-corrected chi connectivity index (χ4v) is 2.20. The van der Waals surface area contributed by atoms with E-state index in [-0.39, 0.29) is 5.84 Å². The van der Waals surface area contributed by atoms with E-state index < -0.39 is 0 Å². The molecular weight excluding hydrogens is 264 g/mol. The molecule has 0 amide bonds. The predicted octanol–water partition coefficient (Wildman–Crippen LogP) is 2.00. The molecule has 0 atom stereocenters. The normalized spacial score (nSPS) is 11.0. The Labute approximate surface area is 128 Å². The van der Waals surface area contributed by atoms with Gasteiger partial charge in [0.25, 0.3) is 0 Å².